The molecule has 1 amide bonds. The van der Waals surface area contributed by atoms with E-state index in [1.165, 1.54) is 0 Å². The number of hydrogen-bond donors (Lipinski definition) is 1. The first kappa shape index (κ1) is 22.0. The zero-order valence-electron chi connectivity index (χ0n) is 18.7. The zero-order valence-corrected chi connectivity index (χ0v) is 18.7. The molecule has 0 bridgehead atoms. The highest BCUT2D eigenvalue weighted by Gasteiger charge is 2.14. The first-order valence-electron chi connectivity index (χ1n) is 10.5. The topological polar surface area (TPSA) is 95.3 Å². The van der Waals surface area contributed by atoms with Crippen molar-refractivity contribution in [3.05, 3.63) is 82.3 Å². The number of carbonyl (C=O) groups is 1. The van der Waals surface area contributed by atoms with Gasteiger partial charge in [-0.25, -0.2) is 9.97 Å². The second-order valence-corrected chi connectivity index (χ2v) is 7.31. The Labute approximate surface area is 190 Å². The molecule has 2 aromatic heterocycles. The standard InChI is InChI=1S/C25H24N4O4/c1-4-29-23-19(6-5-13-26-23)28-22(25(29)31)17-8-10-18(11-9-17)24(30)27-15-16-7-12-20(32-2)21(14-16)33-3/h5-14H,4,15H2,1-3H3,(H,27,30). The Balaban J connectivity index is 1.54. The Bertz CT molecular complexity index is 1360. The molecule has 1 N–H and O–H groups in total. The molecule has 0 aliphatic heterocycles. The number of aromatic nitrogens is 3. The van der Waals surface area contributed by atoms with Crippen molar-refractivity contribution in [3.8, 4) is 22.8 Å². The van der Waals surface area contributed by atoms with Gasteiger partial charge in [0.25, 0.3) is 11.5 Å². The maximum Gasteiger partial charge on any atom is 0.278 e. The number of benzene rings is 2. The lowest BCUT2D eigenvalue weighted by atomic mass is 10.1. The van der Waals surface area contributed by atoms with E-state index in [1.807, 2.05) is 25.1 Å². The number of methoxy groups -OCH3 is 2. The van der Waals surface area contributed by atoms with Crippen LogP contribution in [0, 0.1) is 0 Å². The second-order valence-electron chi connectivity index (χ2n) is 7.31. The molecule has 0 saturated heterocycles. The van der Waals surface area contributed by atoms with Crippen LogP contribution in [0.3, 0.4) is 0 Å². The van der Waals surface area contributed by atoms with Crippen molar-refractivity contribution in [1.29, 1.82) is 0 Å². The predicted molar refractivity (Wildman–Crippen MR) is 126 cm³/mol. The molecular weight excluding hydrogens is 420 g/mol. The van der Waals surface area contributed by atoms with Crippen LogP contribution in [0.15, 0.2) is 65.6 Å². The molecule has 4 rings (SSSR count). The van der Waals surface area contributed by atoms with Gasteiger partial charge in [0.15, 0.2) is 17.1 Å². The van der Waals surface area contributed by atoms with Crippen molar-refractivity contribution in [3.63, 3.8) is 0 Å². The van der Waals surface area contributed by atoms with Crippen LogP contribution in [0.4, 0.5) is 0 Å². The van der Waals surface area contributed by atoms with Crippen LogP contribution in [0.2, 0.25) is 0 Å². The highest BCUT2D eigenvalue weighted by Crippen LogP contribution is 2.27. The molecule has 4 aromatic rings. The summed E-state index contributed by atoms with van der Waals surface area (Å²) in [6.45, 7) is 2.71. The minimum absolute atomic E-state index is 0.214. The van der Waals surface area contributed by atoms with Crippen LogP contribution in [0.1, 0.15) is 22.8 Å². The van der Waals surface area contributed by atoms with Crippen LogP contribution in [-0.2, 0) is 13.1 Å². The third kappa shape index (κ3) is 4.41. The van der Waals surface area contributed by atoms with Gasteiger partial charge in [-0.15, -0.1) is 0 Å². The summed E-state index contributed by atoms with van der Waals surface area (Å²) in [5.74, 6) is 1.01. The van der Waals surface area contributed by atoms with Gasteiger partial charge in [-0.3, -0.25) is 14.2 Å². The molecule has 0 radical (unpaired) electrons. The van der Waals surface area contributed by atoms with E-state index in [1.54, 1.807) is 61.4 Å². The van der Waals surface area contributed by atoms with E-state index >= 15 is 0 Å². The quantitative estimate of drug-likeness (QED) is 0.469. The van der Waals surface area contributed by atoms with Gasteiger partial charge in [-0.1, -0.05) is 18.2 Å². The van der Waals surface area contributed by atoms with Crippen molar-refractivity contribution in [1.82, 2.24) is 19.9 Å². The largest absolute Gasteiger partial charge is 0.493 e. The van der Waals surface area contributed by atoms with E-state index in [4.69, 9.17) is 9.47 Å². The van der Waals surface area contributed by atoms with Gasteiger partial charge in [0.2, 0.25) is 0 Å². The monoisotopic (exact) mass is 444 g/mol. The minimum atomic E-state index is -0.224. The van der Waals surface area contributed by atoms with Crippen molar-refractivity contribution < 1.29 is 14.3 Å². The fraction of sp³-hybridized carbons (Fsp3) is 0.200. The molecule has 0 saturated carbocycles. The van der Waals surface area contributed by atoms with Crippen LogP contribution in [0.5, 0.6) is 11.5 Å². The lowest BCUT2D eigenvalue weighted by Gasteiger charge is -2.11. The average molecular weight is 444 g/mol. The average Bonchev–Trinajstić information content (AvgIpc) is 2.86. The van der Waals surface area contributed by atoms with Gasteiger partial charge in [0.05, 0.1) is 14.2 Å². The van der Waals surface area contributed by atoms with E-state index in [9.17, 15) is 9.59 Å². The van der Waals surface area contributed by atoms with E-state index in [2.05, 4.69) is 15.3 Å². The molecule has 0 aliphatic carbocycles. The predicted octanol–water partition coefficient (Wildman–Crippen LogP) is 3.43. The summed E-state index contributed by atoms with van der Waals surface area (Å²) in [4.78, 5) is 34.4. The summed E-state index contributed by atoms with van der Waals surface area (Å²) in [6, 6.07) is 15.9. The fourth-order valence-corrected chi connectivity index (χ4v) is 3.61. The number of nitrogens with zero attached hydrogens (tertiary/aromatic N) is 3. The molecule has 33 heavy (non-hydrogen) atoms. The van der Waals surface area contributed by atoms with Gasteiger partial charge >= 0.3 is 0 Å². The lowest BCUT2D eigenvalue weighted by Crippen LogP contribution is -2.24. The van der Waals surface area contributed by atoms with Crippen LogP contribution >= 0.6 is 0 Å². The number of amides is 1. The summed E-state index contributed by atoms with van der Waals surface area (Å²) in [7, 11) is 3.14. The number of rotatable bonds is 7. The third-order valence-corrected chi connectivity index (χ3v) is 5.34. The molecule has 0 fully saturated rings. The molecule has 8 heteroatoms. The van der Waals surface area contributed by atoms with Crippen molar-refractivity contribution in [2.75, 3.05) is 14.2 Å². The minimum Gasteiger partial charge on any atom is -0.493 e. The maximum atomic E-state index is 13.0. The first-order valence-corrected chi connectivity index (χ1v) is 10.5. The summed E-state index contributed by atoms with van der Waals surface area (Å²) in [5.41, 5.74) is 3.32. The highest BCUT2D eigenvalue weighted by atomic mass is 16.5. The van der Waals surface area contributed by atoms with Gasteiger partial charge in [-0.05, 0) is 48.9 Å². The van der Waals surface area contributed by atoms with Crippen molar-refractivity contribution in [2.45, 2.75) is 20.0 Å². The van der Waals surface area contributed by atoms with E-state index in [0.29, 0.717) is 52.6 Å². The molecule has 0 spiro atoms. The number of carbonyl (C=O) groups excluding carboxylic acids is 1. The Morgan fingerprint density at radius 3 is 2.48 bits per heavy atom. The Morgan fingerprint density at radius 2 is 1.79 bits per heavy atom. The van der Waals surface area contributed by atoms with E-state index < -0.39 is 0 Å². The molecule has 2 aromatic carbocycles. The lowest BCUT2D eigenvalue weighted by molar-refractivity contribution is 0.0951. The summed E-state index contributed by atoms with van der Waals surface area (Å²) in [6.07, 6.45) is 1.64. The molecule has 0 unspecified atom stereocenters. The number of nitrogens with one attached hydrogen (secondary N) is 1. The molecule has 0 aliphatic rings. The second kappa shape index (κ2) is 9.52. The SMILES string of the molecule is CCn1c(=O)c(-c2ccc(C(=O)NCc3ccc(OC)c(OC)c3)cc2)nc2cccnc21. The van der Waals surface area contributed by atoms with E-state index in [-0.39, 0.29) is 11.5 Å². The molecular formula is C25H24N4O4. The molecule has 0 atom stereocenters. The number of pyridine rings is 1. The third-order valence-electron chi connectivity index (χ3n) is 5.34. The molecule has 2 heterocycles. The number of aryl methyl sites for hydroxylation is 1. The first-order chi connectivity index (χ1) is 16.0. The summed E-state index contributed by atoms with van der Waals surface area (Å²) >= 11 is 0. The highest BCUT2D eigenvalue weighted by molar-refractivity contribution is 5.94. The van der Waals surface area contributed by atoms with Gasteiger partial charge in [0, 0.05) is 30.4 Å². The maximum absolute atomic E-state index is 13.0. The molecule has 8 nitrogen and oxygen atoms in total. The van der Waals surface area contributed by atoms with Crippen molar-refractivity contribution in [2.24, 2.45) is 0 Å². The number of fused-ring (bicyclic) bond motifs is 1. The smallest absolute Gasteiger partial charge is 0.278 e. The fourth-order valence-electron chi connectivity index (χ4n) is 3.61. The summed E-state index contributed by atoms with van der Waals surface area (Å²) < 4.78 is 12.1. The summed E-state index contributed by atoms with van der Waals surface area (Å²) in [5, 5.41) is 2.89. The van der Waals surface area contributed by atoms with Crippen molar-refractivity contribution >= 4 is 17.1 Å². The number of ether oxygens (including phenoxy) is 2. The Hall–Kier alpha value is -4.20. The molecule has 168 valence electrons. The number of hydrogen-bond acceptors (Lipinski definition) is 6. The Morgan fingerprint density at radius 1 is 1.03 bits per heavy atom. The zero-order chi connectivity index (χ0) is 23.4. The van der Waals surface area contributed by atoms with Gasteiger partial charge in [0.1, 0.15) is 11.2 Å². The van der Waals surface area contributed by atoms with Crippen LogP contribution in [0.25, 0.3) is 22.4 Å². The van der Waals surface area contributed by atoms with Crippen LogP contribution in [-0.4, -0.2) is 34.7 Å². The van der Waals surface area contributed by atoms with Gasteiger partial charge in [-0.2, -0.15) is 0 Å². The van der Waals surface area contributed by atoms with Gasteiger partial charge < -0.3 is 14.8 Å². The normalized spacial score (nSPS) is 10.8. The van der Waals surface area contributed by atoms with E-state index in [0.717, 1.165) is 5.56 Å². The Kier molecular flexibility index (Phi) is 6.35. The van der Waals surface area contributed by atoms with Crippen LogP contribution < -0.4 is 20.3 Å².